The van der Waals surface area contributed by atoms with Gasteiger partial charge in [0.15, 0.2) is 0 Å². The van der Waals surface area contributed by atoms with E-state index in [0.29, 0.717) is 19.6 Å². The molecule has 0 unspecified atom stereocenters. The fraction of sp³-hybridized carbons (Fsp3) is 0.440. The highest BCUT2D eigenvalue weighted by molar-refractivity contribution is 5.83. The van der Waals surface area contributed by atoms with Gasteiger partial charge in [0.05, 0.1) is 13.0 Å². The molecule has 3 rings (SSSR count). The topological polar surface area (TPSA) is 61.9 Å². The van der Waals surface area contributed by atoms with E-state index in [0.717, 1.165) is 16.9 Å². The van der Waals surface area contributed by atoms with Gasteiger partial charge in [0.2, 0.25) is 5.91 Å². The van der Waals surface area contributed by atoms with Crippen molar-refractivity contribution in [1.29, 1.82) is 0 Å². The molecule has 1 saturated heterocycles. The van der Waals surface area contributed by atoms with Crippen molar-refractivity contribution in [3.63, 3.8) is 0 Å². The molecular formula is C25H33N3O3. The first-order valence-corrected chi connectivity index (χ1v) is 10.7. The van der Waals surface area contributed by atoms with Crippen molar-refractivity contribution in [2.45, 2.75) is 38.8 Å². The fourth-order valence-corrected chi connectivity index (χ4v) is 4.05. The second-order valence-corrected chi connectivity index (χ2v) is 9.25. The number of rotatable bonds is 5. The first-order valence-electron chi connectivity index (χ1n) is 10.7. The van der Waals surface area contributed by atoms with E-state index in [1.54, 1.807) is 16.9 Å². The molecule has 2 atom stereocenters. The van der Waals surface area contributed by atoms with Gasteiger partial charge in [-0.25, -0.2) is 4.79 Å². The Morgan fingerprint density at radius 3 is 2.45 bits per heavy atom. The summed E-state index contributed by atoms with van der Waals surface area (Å²) in [5.74, 6) is 0.389. The van der Waals surface area contributed by atoms with Gasteiger partial charge in [-0.1, -0.05) is 42.5 Å². The molecule has 0 saturated carbocycles. The van der Waals surface area contributed by atoms with Gasteiger partial charge in [-0.05, 0) is 44.0 Å². The summed E-state index contributed by atoms with van der Waals surface area (Å²) >= 11 is 0. The zero-order valence-electron chi connectivity index (χ0n) is 19.1. The number of benzene rings is 2. The van der Waals surface area contributed by atoms with Gasteiger partial charge in [0, 0.05) is 38.1 Å². The maximum absolute atomic E-state index is 13.5. The third-order valence-corrected chi connectivity index (χ3v) is 5.57. The number of carbonyl (C=O) groups excluding carboxylic acids is 2. The first kappa shape index (κ1) is 22.7. The number of hydrogen-bond acceptors (Lipinski definition) is 3. The zero-order valence-corrected chi connectivity index (χ0v) is 19.1. The largest absolute Gasteiger partial charge is 0.497 e. The molecule has 31 heavy (non-hydrogen) atoms. The Balaban J connectivity index is 1.84. The molecule has 1 fully saturated rings. The van der Waals surface area contributed by atoms with Gasteiger partial charge in [0.1, 0.15) is 5.75 Å². The molecule has 0 aliphatic carbocycles. The predicted octanol–water partition coefficient (Wildman–Crippen LogP) is 3.88. The highest BCUT2D eigenvalue weighted by Crippen LogP contribution is 2.35. The van der Waals surface area contributed by atoms with Crippen molar-refractivity contribution in [3.8, 4) is 5.75 Å². The molecule has 0 spiro atoms. The van der Waals surface area contributed by atoms with Gasteiger partial charge >= 0.3 is 6.03 Å². The van der Waals surface area contributed by atoms with Crippen LogP contribution >= 0.6 is 0 Å². The molecular weight excluding hydrogens is 390 g/mol. The normalized spacial score (nSPS) is 18.5. The molecule has 2 aromatic carbocycles. The van der Waals surface area contributed by atoms with Gasteiger partial charge < -0.3 is 19.9 Å². The van der Waals surface area contributed by atoms with Crippen molar-refractivity contribution in [2.75, 3.05) is 27.2 Å². The molecule has 1 aliphatic heterocycles. The number of likely N-dealkylation sites (tertiary alicyclic amines) is 1. The molecule has 0 radical (unpaired) electrons. The maximum atomic E-state index is 13.5. The number of hydrogen-bond donors (Lipinski definition) is 1. The maximum Gasteiger partial charge on any atom is 0.317 e. The molecule has 6 heteroatoms. The van der Waals surface area contributed by atoms with Gasteiger partial charge in [-0.3, -0.25) is 4.79 Å². The third kappa shape index (κ3) is 5.78. The van der Waals surface area contributed by atoms with Crippen LogP contribution in [-0.4, -0.2) is 54.5 Å². The van der Waals surface area contributed by atoms with Crippen molar-refractivity contribution >= 4 is 11.9 Å². The van der Waals surface area contributed by atoms with E-state index in [2.05, 4.69) is 5.32 Å². The highest BCUT2D eigenvalue weighted by atomic mass is 16.5. The molecule has 1 aliphatic rings. The Morgan fingerprint density at radius 2 is 1.81 bits per heavy atom. The lowest BCUT2D eigenvalue weighted by Crippen LogP contribution is -2.48. The van der Waals surface area contributed by atoms with E-state index >= 15 is 0 Å². The monoisotopic (exact) mass is 423 g/mol. The SMILES string of the molecule is COc1cccc([C@@H]2CN(C(=O)NC(C)(C)C)C[C@@H]2C(=O)N(C)Cc2ccccc2)c1. The van der Waals surface area contributed by atoms with Crippen LogP contribution in [0.15, 0.2) is 54.6 Å². The van der Waals surface area contributed by atoms with E-state index in [4.69, 9.17) is 4.74 Å². The van der Waals surface area contributed by atoms with Crippen LogP contribution in [0.4, 0.5) is 4.79 Å². The number of urea groups is 1. The standard InChI is InChI=1S/C25H33N3O3/c1-25(2,3)26-24(30)28-16-21(19-12-9-13-20(14-19)31-5)22(17-28)23(29)27(4)15-18-10-7-6-8-11-18/h6-14,21-22H,15-17H2,1-5H3,(H,26,30)/t21-,22-/m0/s1. The van der Waals surface area contributed by atoms with Gasteiger partial charge in [-0.2, -0.15) is 0 Å². The minimum Gasteiger partial charge on any atom is -0.497 e. The lowest BCUT2D eigenvalue weighted by atomic mass is 9.88. The minimum absolute atomic E-state index is 0.0442. The Labute approximate surface area is 185 Å². The average Bonchev–Trinajstić information content (AvgIpc) is 3.18. The minimum atomic E-state index is -0.339. The molecule has 166 valence electrons. The number of ether oxygens (including phenoxy) is 1. The van der Waals surface area contributed by atoms with Crippen molar-refractivity contribution < 1.29 is 14.3 Å². The van der Waals surface area contributed by atoms with Crippen molar-refractivity contribution in [3.05, 3.63) is 65.7 Å². The van der Waals surface area contributed by atoms with Crippen LogP contribution < -0.4 is 10.1 Å². The predicted molar refractivity (Wildman–Crippen MR) is 122 cm³/mol. The molecule has 3 amide bonds. The number of nitrogens with one attached hydrogen (secondary N) is 1. The second kappa shape index (κ2) is 9.41. The zero-order chi connectivity index (χ0) is 22.6. The fourth-order valence-electron chi connectivity index (χ4n) is 4.05. The van der Waals surface area contributed by atoms with Gasteiger partial charge in [-0.15, -0.1) is 0 Å². The molecule has 2 aromatic rings. The highest BCUT2D eigenvalue weighted by Gasteiger charge is 2.42. The van der Waals surface area contributed by atoms with E-state index in [9.17, 15) is 9.59 Å². The summed E-state index contributed by atoms with van der Waals surface area (Å²) in [5.41, 5.74) is 1.75. The molecule has 1 heterocycles. The summed E-state index contributed by atoms with van der Waals surface area (Å²) in [6.07, 6.45) is 0. The summed E-state index contributed by atoms with van der Waals surface area (Å²) in [5, 5.41) is 3.02. The lowest BCUT2D eigenvalue weighted by molar-refractivity contribution is -0.134. The number of methoxy groups -OCH3 is 1. The van der Waals surface area contributed by atoms with E-state index in [-0.39, 0.29) is 29.3 Å². The van der Waals surface area contributed by atoms with E-state index in [1.807, 2.05) is 82.4 Å². The number of amides is 3. The van der Waals surface area contributed by atoms with Crippen LogP contribution in [0, 0.1) is 5.92 Å². The van der Waals surface area contributed by atoms with Crippen LogP contribution in [0.2, 0.25) is 0 Å². The van der Waals surface area contributed by atoms with E-state index in [1.165, 1.54) is 0 Å². The van der Waals surface area contributed by atoms with Crippen LogP contribution in [0.5, 0.6) is 5.75 Å². The first-order chi connectivity index (χ1) is 14.7. The van der Waals surface area contributed by atoms with E-state index < -0.39 is 0 Å². The second-order valence-electron chi connectivity index (χ2n) is 9.25. The summed E-state index contributed by atoms with van der Waals surface area (Å²) in [4.78, 5) is 29.9. The Hall–Kier alpha value is -3.02. The summed E-state index contributed by atoms with van der Waals surface area (Å²) in [6.45, 7) is 7.28. The molecule has 0 aromatic heterocycles. The smallest absolute Gasteiger partial charge is 0.317 e. The average molecular weight is 424 g/mol. The number of carbonyl (C=O) groups is 2. The van der Waals surface area contributed by atoms with Crippen LogP contribution in [0.1, 0.15) is 37.8 Å². The third-order valence-electron chi connectivity index (χ3n) is 5.57. The molecule has 6 nitrogen and oxygen atoms in total. The van der Waals surface area contributed by atoms with Crippen LogP contribution in [0.3, 0.4) is 0 Å². The Bertz CT molecular complexity index is 908. The summed E-state index contributed by atoms with van der Waals surface area (Å²) < 4.78 is 5.39. The number of nitrogens with zero attached hydrogens (tertiary/aromatic N) is 2. The lowest BCUT2D eigenvalue weighted by Gasteiger charge is -2.26. The Kier molecular flexibility index (Phi) is 6.88. The van der Waals surface area contributed by atoms with Crippen LogP contribution in [-0.2, 0) is 11.3 Å². The summed E-state index contributed by atoms with van der Waals surface area (Å²) in [6, 6.07) is 17.6. The van der Waals surface area contributed by atoms with Gasteiger partial charge in [0.25, 0.3) is 0 Å². The molecule has 1 N–H and O–H groups in total. The summed E-state index contributed by atoms with van der Waals surface area (Å²) in [7, 11) is 3.46. The quantitative estimate of drug-likeness (QED) is 0.794. The van der Waals surface area contributed by atoms with Crippen LogP contribution in [0.25, 0.3) is 0 Å². The Morgan fingerprint density at radius 1 is 1.10 bits per heavy atom. The van der Waals surface area contributed by atoms with Crippen molar-refractivity contribution in [1.82, 2.24) is 15.1 Å². The molecule has 0 bridgehead atoms. The van der Waals surface area contributed by atoms with Crippen molar-refractivity contribution in [2.24, 2.45) is 5.92 Å².